The van der Waals surface area contributed by atoms with Gasteiger partial charge in [-0.05, 0) is 67.6 Å². The van der Waals surface area contributed by atoms with Crippen LogP contribution in [0.15, 0.2) is 114 Å². The van der Waals surface area contributed by atoms with Gasteiger partial charge in [-0.1, -0.05) is 53.2 Å². The van der Waals surface area contributed by atoms with Crippen LogP contribution in [0.4, 0.5) is 0 Å². The summed E-state index contributed by atoms with van der Waals surface area (Å²) in [6, 6.07) is 26.2. The van der Waals surface area contributed by atoms with Gasteiger partial charge in [0, 0.05) is 15.3 Å². The first kappa shape index (κ1) is 22.4. The number of halogens is 1. The van der Waals surface area contributed by atoms with Crippen LogP contribution >= 0.6 is 23.4 Å². The van der Waals surface area contributed by atoms with Crippen LogP contribution in [-0.4, -0.2) is 15.9 Å². The van der Waals surface area contributed by atoms with Crippen molar-refractivity contribution in [1.82, 2.24) is 9.66 Å². The van der Waals surface area contributed by atoms with E-state index in [1.54, 1.807) is 42.5 Å². The third-order valence-electron chi connectivity index (χ3n) is 5.59. The van der Waals surface area contributed by atoms with E-state index in [0.717, 1.165) is 15.4 Å². The first-order valence-corrected chi connectivity index (χ1v) is 12.3. The highest BCUT2D eigenvalue weighted by Crippen LogP contribution is 2.30. The van der Waals surface area contributed by atoms with Crippen molar-refractivity contribution < 1.29 is 8.83 Å². The minimum atomic E-state index is -0.314. The van der Waals surface area contributed by atoms with Gasteiger partial charge in [0.25, 0.3) is 5.56 Å². The second-order valence-corrected chi connectivity index (χ2v) is 9.69. The molecule has 0 radical (unpaired) electrons. The van der Waals surface area contributed by atoms with Crippen molar-refractivity contribution in [2.24, 2.45) is 5.10 Å². The molecule has 3 aromatic carbocycles. The summed E-state index contributed by atoms with van der Waals surface area (Å²) in [6.45, 7) is 2.05. The van der Waals surface area contributed by atoms with E-state index in [9.17, 15) is 4.79 Å². The lowest BCUT2D eigenvalue weighted by atomic mass is 10.2. The van der Waals surface area contributed by atoms with Gasteiger partial charge in [-0.25, -0.2) is 4.98 Å². The molecule has 6 rings (SSSR count). The van der Waals surface area contributed by atoms with Gasteiger partial charge in [0.05, 0.1) is 17.1 Å². The Morgan fingerprint density at radius 2 is 1.81 bits per heavy atom. The van der Waals surface area contributed by atoms with Gasteiger partial charge in [-0.2, -0.15) is 9.78 Å². The summed E-state index contributed by atoms with van der Waals surface area (Å²) in [6.07, 6.45) is 1.50. The molecule has 0 saturated heterocycles. The summed E-state index contributed by atoms with van der Waals surface area (Å²) in [5.41, 5.74) is 2.07. The fourth-order valence-electron chi connectivity index (χ4n) is 3.81. The molecule has 6 nitrogen and oxygen atoms in total. The Balaban J connectivity index is 1.40. The van der Waals surface area contributed by atoms with Crippen molar-refractivity contribution in [3.05, 3.63) is 112 Å². The fourth-order valence-corrected chi connectivity index (χ4v) is 4.77. The number of hydrogen-bond acceptors (Lipinski definition) is 6. The fraction of sp³-hybridized carbons (Fsp3) is 0.0357. The Morgan fingerprint density at radius 3 is 2.67 bits per heavy atom. The Kier molecular flexibility index (Phi) is 5.71. The third kappa shape index (κ3) is 4.34. The maximum Gasteiger partial charge on any atom is 0.282 e. The van der Waals surface area contributed by atoms with Gasteiger partial charge < -0.3 is 8.83 Å². The molecule has 3 aromatic heterocycles. The number of para-hydroxylation sites is 1. The predicted molar refractivity (Wildman–Crippen MR) is 143 cm³/mol. The molecule has 0 aliphatic carbocycles. The van der Waals surface area contributed by atoms with E-state index in [2.05, 4.69) is 17.2 Å². The van der Waals surface area contributed by atoms with Crippen LogP contribution < -0.4 is 5.56 Å². The molecule has 0 saturated carbocycles. The molecule has 6 aromatic rings. The van der Waals surface area contributed by atoms with Gasteiger partial charge in [-0.15, -0.1) is 0 Å². The topological polar surface area (TPSA) is 73.5 Å². The van der Waals surface area contributed by atoms with Crippen molar-refractivity contribution in [2.75, 3.05) is 0 Å². The smallest absolute Gasteiger partial charge is 0.282 e. The SMILES string of the molecule is Cc1ccc(Sc2ccc(C=Nn3c(-c4cc5cc(Cl)ccc5o4)nc4ccccc4c3=O)o2)cc1. The zero-order valence-electron chi connectivity index (χ0n) is 19.0. The molecular formula is C28H18ClN3O3S. The molecule has 0 unspecified atom stereocenters. The van der Waals surface area contributed by atoms with E-state index < -0.39 is 0 Å². The van der Waals surface area contributed by atoms with E-state index in [-0.39, 0.29) is 11.4 Å². The second kappa shape index (κ2) is 9.18. The Labute approximate surface area is 214 Å². The van der Waals surface area contributed by atoms with Crippen molar-refractivity contribution in [3.63, 3.8) is 0 Å². The standard InChI is InChI=1S/C28H18ClN3O3S/c1-17-6-10-21(11-7-17)36-26-13-9-20(34-26)16-30-32-27(31-23-5-3-2-4-22(23)28(32)33)25-15-18-14-19(29)8-12-24(18)35-25/h2-16H,1H3. The number of furan rings is 2. The number of rotatable bonds is 5. The van der Waals surface area contributed by atoms with Gasteiger partial charge >= 0.3 is 0 Å². The predicted octanol–water partition coefficient (Wildman–Crippen LogP) is 7.40. The summed E-state index contributed by atoms with van der Waals surface area (Å²) < 4.78 is 13.1. The molecule has 0 atom stereocenters. The number of aromatic nitrogens is 2. The van der Waals surface area contributed by atoms with Gasteiger partial charge in [0.1, 0.15) is 11.3 Å². The third-order valence-corrected chi connectivity index (χ3v) is 6.76. The summed E-state index contributed by atoms with van der Waals surface area (Å²) in [4.78, 5) is 19.2. The van der Waals surface area contributed by atoms with Gasteiger partial charge in [0.2, 0.25) is 5.82 Å². The zero-order valence-corrected chi connectivity index (χ0v) is 20.6. The van der Waals surface area contributed by atoms with Gasteiger partial charge in [0.15, 0.2) is 10.9 Å². The number of nitrogens with zero attached hydrogens (tertiary/aromatic N) is 3. The molecule has 8 heteroatoms. The van der Waals surface area contributed by atoms with Gasteiger partial charge in [-0.3, -0.25) is 4.79 Å². The maximum absolute atomic E-state index is 13.4. The Bertz CT molecular complexity index is 1820. The highest BCUT2D eigenvalue weighted by Gasteiger charge is 2.17. The monoisotopic (exact) mass is 511 g/mol. The molecule has 3 heterocycles. The molecule has 36 heavy (non-hydrogen) atoms. The number of fused-ring (bicyclic) bond motifs is 2. The largest absolute Gasteiger partial charge is 0.453 e. The minimum Gasteiger partial charge on any atom is -0.453 e. The summed E-state index contributed by atoms with van der Waals surface area (Å²) in [5, 5.41) is 7.02. The zero-order chi connectivity index (χ0) is 24.6. The molecule has 0 fully saturated rings. The Morgan fingerprint density at radius 1 is 0.972 bits per heavy atom. The molecule has 0 spiro atoms. The highest BCUT2D eigenvalue weighted by molar-refractivity contribution is 7.99. The average Bonchev–Trinajstić information content (AvgIpc) is 3.51. The van der Waals surface area contributed by atoms with Crippen molar-refractivity contribution >= 4 is 51.4 Å². The lowest BCUT2D eigenvalue weighted by Gasteiger charge is -2.06. The molecule has 176 valence electrons. The lowest BCUT2D eigenvalue weighted by Crippen LogP contribution is -2.20. The molecule has 0 N–H and O–H groups in total. The number of benzene rings is 3. The van der Waals surface area contributed by atoms with E-state index in [0.29, 0.717) is 33.0 Å². The van der Waals surface area contributed by atoms with E-state index in [4.69, 9.17) is 25.4 Å². The van der Waals surface area contributed by atoms with E-state index in [1.807, 2.05) is 37.3 Å². The molecular weight excluding hydrogens is 494 g/mol. The van der Waals surface area contributed by atoms with Crippen LogP contribution in [0, 0.1) is 6.92 Å². The normalized spacial score (nSPS) is 11.7. The van der Waals surface area contributed by atoms with Crippen LogP contribution in [0.2, 0.25) is 5.02 Å². The van der Waals surface area contributed by atoms with Crippen molar-refractivity contribution in [2.45, 2.75) is 16.9 Å². The van der Waals surface area contributed by atoms with Crippen LogP contribution in [0.25, 0.3) is 33.5 Å². The minimum absolute atomic E-state index is 0.281. The Hall–Kier alpha value is -4.07. The number of hydrogen-bond donors (Lipinski definition) is 0. The van der Waals surface area contributed by atoms with E-state index in [1.165, 1.54) is 28.2 Å². The first-order valence-electron chi connectivity index (χ1n) is 11.1. The molecule has 0 aliphatic rings. The van der Waals surface area contributed by atoms with Crippen LogP contribution in [-0.2, 0) is 0 Å². The second-order valence-electron chi connectivity index (χ2n) is 8.18. The van der Waals surface area contributed by atoms with Crippen LogP contribution in [0.1, 0.15) is 11.3 Å². The summed E-state index contributed by atoms with van der Waals surface area (Å²) in [5.74, 6) is 1.19. The van der Waals surface area contributed by atoms with E-state index >= 15 is 0 Å². The summed E-state index contributed by atoms with van der Waals surface area (Å²) in [7, 11) is 0. The van der Waals surface area contributed by atoms with Crippen LogP contribution in [0.3, 0.4) is 0 Å². The molecule has 0 amide bonds. The number of aryl methyl sites for hydroxylation is 1. The highest BCUT2D eigenvalue weighted by atomic mass is 35.5. The first-order chi connectivity index (χ1) is 17.5. The maximum atomic E-state index is 13.4. The van der Waals surface area contributed by atoms with Crippen molar-refractivity contribution in [1.29, 1.82) is 0 Å². The lowest BCUT2D eigenvalue weighted by molar-refractivity contribution is 0.468. The van der Waals surface area contributed by atoms with Crippen LogP contribution in [0.5, 0.6) is 0 Å². The van der Waals surface area contributed by atoms with Crippen molar-refractivity contribution in [3.8, 4) is 11.6 Å². The average molecular weight is 512 g/mol. The summed E-state index contributed by atoms with van der Waals surface area (Å²) >= 11 is 7.65. The molecule has 0 bridgehead atoms. The molecule has 0 aliphatic heterocycles. The quantitative estimate of drug-likeness (QED) is 0.225.